The fourth-order valence-electron chi connectivity index (χ4n) is 2.44. The average Bonchev–Trinajstić information content (AvgIpc) is 2.98. The van der Waals surface area contributed by atoms with Gasteiger partial charge in [-0.3, -0.25) is 9.36 Å². The molecule has 0 saturated carbocycles. The van der Waals surface area contributed by atoms with Crippen molar-refractivity contribution in [1.82, 2.24) is 29.5 Å². The van der Waals surface area contributed by atoms with Gasteiger partial charge in [-0.05, 0) is 19.9 Å². The lowest BCUT2D eigenvalue weighted by atomic mass is 10.2. The SMILES string of the molecule is Cc1nn(C)cc1CNc1nccc(-c2cn(C)nc2C)n1. The van der Waals surface area contributed by atoms with Crippen molar-refractivity contribution < 1.29 is 0 Å². The van der Waals surface area contributed by atoms with Crippen molar-refractivity contribution in [2.24, 2.45) is 14.1 Å². The molecule has 7 nitrogen and oxygen atoms in total. The Balaban J connectivity index is 1.79. The highest BCUT2D eigenvalue weighted by molar-refractivity contribution is 5.61. The minimum absolute atomic E-state index is 0.601. The van der Waals surface area contributed by atoms with E-state index in [0.29, 0.717) is 12.5 Å². The highest BCUT2D eigenvalue weighted by Gasteiger charge is 2.09. The summed E-state index contributed by atoms with van der Waals surface area (Å²) < 4.78 is 3.60. The van der Waals surface area contributed by atoms with E-state index in [0.717, 1.165) is 28.2 Å². The van der Waals surface area contributed by atoms with Crippen LogP contribution in [0.15, 0.2) is 24.7 Å². The summed E-state index contributed by atoms with van der Waals surface area (Å²) in [5.41, 5.74) is 4.98. The highest BCUT2D eigenvalue weighted by atomic mass is 15.3. The lowest BCUT2D eigenvalue weighted by Gasteiger charge is -2.05. The van der Waals surface area contributed by atoms with E-state index in [2.05, 4.69) is 25.5 Å². The zero-order chi connectivity index (χ0) is 15.7. The number of aryl methyl sites for hydroxylation is 4. The van der Waals surface area contributed by atoms with Gasteiger partial charge in [-0.25, -0.2) is 9.97 Å². The molecule has 3 aromatic rings. The molecule has 0 fully saturated rings. The van der Waals surface area contributed by atoms with Crippen LogP contribution in [0.3, 0.4) is 0 Å². The number of nitrogens with zero attached hydrogens (tertiary/aromatic N) is 6. The maximum Gasteiger partial charge on any atom is 0.223 e. The standard InChI is InChI=1S/C15H19N7/c1-10-12(8-21(3)19-10)7-17-15-16-6-5-14(18-15)13-9-22(4)20-11(13)2/h5-6,8-9H,7H2,1-4H3,(H,16,17,18). The molecule has 3 rings (SSSR count). The second-order valence-electron chi connectivity index (χ2n) is 5.33. The Morgan fingerprint density at radius 3 is 2.41 bits per heavy atom. The van der Waals surface area contributed by atoms with E-state index in [-0.39, 0.29) is 0 Å². The number of hydrogen-bond acceptors (Lipinski definition) is 5. The Morgan fingerprint density at radius 2 is 1.77 bits per heavy atom. The number of nitrogens with one attached hydrogen (secondary N) is 1. The summed E-state index contributed by atoms with van der Waals surface area (Å²) >= 11 is 0. The zero-order valence-corrected chi connectivity index (χ0v) is 13.2. The predicted octanol–water partition coefficient (Wildman–Crippen LogP) is 1.84. The van der Waals surface area contributed by atoms with Gasteiger partial charge in [-0.2, -0.15) is 10.2 Å². The summed E-state index contributed by atoms with van der Waals surface area (Å²) in [5.74, 6) is 0.601. The maximum absolute atomic E-state index is 4.57. The van der Waals surface area contributed by atoms with Gasteiger partial charge in [0, 0.05) is 50.4 Å². The van der Waals surface area contributed by atoms with Crippen LogP contribution in [0.5, 0.6) is 0 Å². The molecule has 0 bridgehead atoms. The summed E-state index contributed by atoms with van der Waals surface area (Å²) in [4.78, 5) is 8.84. The largest absolute Gasteiger partial charge is 0.350 e. The average molecular weight is 297 g/mol. The number of hydrogen-bond donors (Lipinski definition) is 1. The van der Waals surface area contributed by atoms with Gasteiger partial charge in [-0.15, -0.1) is 0 Å². The van der Waals surface area contributed by atoms with Gasteiger partial charge in [0.1, 0.15) is 0 Å². The van der Waals surface area contributed by atoms with E-state index in [1.165, 1.54) is 0 Å². The predicted molar refractivity (Wildman–Crippen MR) is 84.2 cm³/mol. The molecule has 0 aromatic carbocycles. The summed E-state index contributed by atoms with van der Waals surface area (Å²) in [5, 5.41) is 11.9. The third kappa shape index (κ3) is 2.83. The molecule has 22 heavy (non-hydrogen) atoms. The topological polar surface area (TPSA) is 73.5 Å². The molecule has 0 atom stereocenters. The van der Waals surface area contributed by atoms with E-state index in [1.807, 2.05) is 51.1 Å². The van der Waals surface area contributed by atoms with Crippen molar-refractivity contribution in [3.8, 4) is 11.3 Å². The summed E-state index contributed by atoms with van der Waals surface area (Å²) in [6, 6.07) is 1.89. The molecule has 0 aliphatic carbocycles. The van der Waals surface area contributed by atoms with Crippen molar-refractivity contribution in [2.75, 3.05) is 5.32 Å². The number of aromatic nitrogens is 6. The second-order valence-corrected chi connectivity index (χ2v) is 5.33. The molecule has 114 valence electrons. The molecule has 0 radical (unpaired) electrons. The Labute approximate surface area is 129 Å². The maximum atomic E-state index is 4.57. The van der Waals surface area contributed by atoms with Gasteiger partial charge >= 0.3 is 0 Å². The minimum atomic E-state index is 0.601. The molecule has 3 aromatic heterocycles. The Morgan fingerprint density at radius 1 is 1.05 bits per heavy atom. The van der Waals surface area contributed by atoms with Crippen LogP contribution < -0.4 is 5.32 Å². The van der Waals surface area contributed by atoms with Gasteiger partial charge in [0.15, 0.2) is 0 Å². The number of anilines is 1. The van der Waals surface area contributed by atoms with Crippen molar-refractivity contribution in [2.45, 2.75) is 20.4 Å². The normalized spacial score (nSPS) is 10.9. The first kappa shape index (κ1) is 14.2. The smallest absolute Gasteiger partial charge is 0.223 e. The van der Waals surface area contributed by atoms with E-state index in [4.69, 9.17) is 0 Å². The molecule has 0 saturated heterocycles. The number of rotatable bonds is 4. The fourth-order valence-corrected chi connectivity index (χ4v) is 2.44. The quantitative estimate of drug-likeness (QED) is 0.795. The molecule has 0 spiro atoms. The van der Waals surface area contributed by atoms with E-state index in [1.54, 1.807) is 10.9 Å². The van der Waals surface area contributed by atoms with Crippen LogP contribution in [0.2, 0.25) is 0 Å². The van der Waals surface area contributed by atoms with Crippen molar-refractivity contribution in [3.05, 3.63) is 41.6 Å². The van der Waals surface area contributed by atoms with Crippen LogP contribution in [-0.2, 0) is 20.6 Å². The lowest BCUT2D eigenvalue weighted by molar-refractivity contribution is 0.756. The second kappa shape index (κ2) is 5.59. The van der Waals surface area contributed by atoms with Gasteiger partial charge < -0.3 is 5.32 Å². The minimum Gasteiger partial charge on any atom is -0.350 e. The van der Waals surface area contributed by atoms with E-state index < -0.39 is 0 Å². The van der Waals surface area contributed by atoms with Gasteiger partial charge in [0.05, 0.1) is 17.1 Å². The van der Waals surface area contributed by atoms with Crippen LogP contribution in [-0.4, -0.2) is 29.5 Å². The van der Waals surface area contributed by atoms with E-state index >= 15 is 0 Å². The molecular weight excluding hydrogens is 278 g/mol. The van der Waals surface area contributed by atoms with Gasteiger partial charge in [0.25, 0.3) is 0 Å². The van der Waals surface area contributed by atoms with Crippen molar-refractivity contribution >= 4 is 5.95 Å². The summed E-state index contributed by atoms with van der Waals surface area (Å²) in [6.45, 7) is 4.62. The van der Waals surface area contributed by atoms with Crippen LogP contribution in [0, 0.1) is 13.8 Å². The van der Waals surface area contributed by atoms with Crippen LogP contribution in [0.4, 0.5) is 5.95 Å². The molecule has 3 heterocycles. The van der Waals surface area contributed by atoms with Crippen LogP contribution in [0.1, 0.15) is 17.0 Å². The first-order valence-electron chi connectivity index (χ1n) is 7.09. The Kier molecular flexibility index (Phi) is 3.62. The van der Waals surface area contributed by atoms with Gasteiger partial charge in [0.2, 0.25) is 5.95 Å². The first-order chi connectivity index (χ1) is 10.5. The summed E-state index contributed by atoms with van der Waals surface area (Å²) in [6.07, 6.45) is 5.72. The molecule has 1 N–H and O–H groups in total. The van der Waals surface area contributed by atoms with Gasteiger partial charge in [-0.1, -0.05) is 0 Å². The first-order valence-corrected chi connectivity index (χ1v) is 7.09. The molecule has 0 aliphatic rings. The van der Waals surface area contributed by atoms with Crippen LogP contribution in [0.25, 0.3) is 11.3 Å². The zero-order valence-electron chi connectivity index (χ0n) is 13.2. The fraction of sp³-hybridized carbons (Fsp3) is 0.333. The third-order valence-corrected chi connectivity index (χ3v) is 3.50. The van der Waals surface area contributed by atoms with Crippen LogP contribution >= 0.6 is 0 Å². The molecular formula is C15H19N7. The molecule has 0 unspecified atom stereocenters. The Hall–Kier alpha value is -2.70. The highest BCUT2D eigenvalue weighted by Crippen LogP contribution is 2.20. The lowest BCUT2D eigenvalue weighted by Crippen LogP contribution is -2.04. The summed E-state index contributed by atoms with van der Waals surface area (Å²) in [7, 11) is 3.82. The third-order valence-electron chi connectivity index (χ3n) is 3.50. The van der Waals surface area contributed by atoms with E-state index in [9.17, 15) is 0 Å². The molecule has 7 heteroatoms. The Bertz CT molecular complexity index is 800. The molecule has 0 amide bonds. The monoisotopic (exact) mass is 297 g/mol. The van der Waals surface area contributed by atoms with Crippen molar-refractivity contribution in [1.29, 1.82) is 0 Å². The van der Waals surface area contributed by atoms with Crippen molar-refractivity contribution in [3.63, 3.8) is 0 Å². The molecule has 0 aliphatic heterocycles.